The predicted octanol–water partition coefficient (Wildman–Crippen LogP) is 1.12. The second-order valence-electron chi connectivity index (χ2n) is 2.60. The van der Waals surface area contributed by atoms with Crippen molar-refractivity contribution < 1.29 is 4.74 Å². The van der Waals surface area contributed by atoms with Crippen molar-refractivity contribution in [3.05, 3.63) is 42.5 Å². The lowest BCUT2D eigenvalue weighted by atomic mass is 10.2. The largest absolute Gasteiger partial charge is 0.490 e. The SMILES string of the molecule is C=CCOc1ccc(C[SiH3])cc1. The van der Waals surface area contributed by atoms with Crippen LogP contribution in [0.4, 0.5) is 0 Å². The fraction of sp³-hybridized carbons (Fsp3) is 0.200. The number of ether oxygens (including phenoxy) is 1. The first kappa shape index (κ1) is 9.07. The van der Waals surface area contributed by atoms with Gasteiger partial charge in [-0.2, -0.15) is 0 Å². The minimum absolute atomic E-state index is 0.584. The Morgan fingerprint density at radius 1 is 1.33 bits per heavy atom. The Morgan fingerprint density at radius 3 is 2.50 bits per heavy atom. The van der Waals surface area contributed by atoms with Crippen molar-refractivity contribution in [3.8, 4) is 5.75 Å². The van der Waals surface area contributed by atoms with Crippen LogP contribution in [-0.4, -0.2) is 16.8 Å². The Morgan fingerprint density at radius 2 is 2.00 bits per heavy atom. The van der Waals surface area contributed by atoms with E-state index >= 15 is 0 Å². The summed E-state index contributed by atoms with van der Waals surface area (Å²) in [6, 6.07) is 9.46. The van der Waals surface area contributed by atoms with Crippen molar-refractivity contribution in [3.63, 3.8) is 0 Å². The number of rotatable bonds is 4. The second-order valence-corrected chi connectivity index (χ2v) is 3.30. The van der Waals surface area contributed by atoms with Crippen LogP contribution in [0.25, 0.3) is 0 Å². The molecule has 0 atom stereocenters. The van der Waals surface area contributed by atoms with Gasteiger partial charge in [-0.15, -0.1) is 0 Å². The van der Waals surface area contributed by atoms with E-state index in [1.165, 1.54) is 21.9 Å². The number of hydrogen-bond acceptors (Lipinski definition) is 1. The van der Waals surface area contributed by atoms with E-state index in [0.29, 0.717) is 6.61 Å². The van der Waals surface area contributed by atoms with E-state index in [1.807, 2.05) is 12.1 Å². The van der Waals surface area contributed by atoms with E-state index in [-0.39, 0.29) is 0 Å². The highest BCUT2D eigenvalue weighted by atomic mass is 28.1. The van der Waals surface area contributed by atoms with Crippen molar-refractivity contribution >= 4 is 10.2 Å². The van der Waals surface area contributed by atoms with Gasteiger partial charge in [0.25, 0.3) is 0 Å². The van der Waals surface area contributed by atoms with E-state index < -0.39 is 0 Å². The third-order valence-electron chi connectivity index (χ3n) is 1.70. The highest BCUT2D eigenvalue weighted by molar-refractivity contribution is 6.08. The molecule has 0 saturated carbocycles. The highest BCUT2D eigenvalue weighted by Crippen LogP contribution is 2.11. The van der Waals surface area contributed by atoms with Gasteiger partial charge in [0, 0.05) is 10.2 Å². The smallest absolute Gasteiger partial charge is 0.119 e. The fourth-order valence-corrected chi connectivity index (χ4v) is 1.45. The minimum Gasteiger partial charge on any atom is -0.490 e. The van der Waals surface area contributed by atoms with Crippen LogP contribution in [-0.2, 0) is 6.04 Å². The van der Waals surface area contributed by atoms with E-state index in [0.717, 1.165) is 5.75 Å². The summed E-state index contributed by atoms with van der Waals surface area (Å²) in [4.78, 5) is 0. The third kappa shape index (κ3) is 2.55. The summed E-state index contributed by atoms with van der Waals surface area (Å²) in [5.41, 5.74) is 1.40. The minimum atomic E-state index is 0.584. The molecule has 0 spiro atoms. The first-order valence-corrected chi connectivity index (χ1v) is 5.61. The van der Waals surface area contributed by atoms with E-state index in [1.54, 1.807) is 6.08 Å². The molecule has 1 aromatic rings. The van der Waals surface area contributed by atoms with Gasteiger partial charge in [0.2, 0.25) is 0 Å². The maximum Gasteiger partial charge on any atom is 0.119 e. The zero-order valence-corrected chi connectivity index (χ0v) is 9.42. The molecule has 1 aromatic carbocycles. The van der Waals surface area contributed by atoms with Gasteiger partial charge in [-0.05, 0) is 18.2 Å². The average molecular weight is 178 g/mol. The molecule has 0 aliphatic carbocycles. The van der Waals surface area contributed by atoms with Crippen LogP contribution in [0.3, 0.4) is 0 Å². The summed E-state index contributed by atoms with van der Waals surface area (Å²) >= 11 is 0. The molecule has 0 N–H and O–H groups in total. The highest BCUT2D eigenvalue weighted by Gasteiger charge is 1.91. The first-order chi connectivity index (χ1) is 5.86. The van der Waals surface area contributed by atoms with E-state index in [4.69, 9.17) is 4.74 Å². The van der Waals surface area contributed by atoms with Crippen molar-refractivity contribution in [1.29, 1.82) is 0 Å². The van der Waals surface area contributed by atoms with Gasteiger partial charge in [0.15, 0.2) is 0 Å². The van der Waals surface area contributed by atoms with Gasteiger partial charge in [0.1, 0.15) is 12.4 Å². The van der Waals surface area contributed by atoms with Gasteiger partial charge in [0.05, 0.1) is 0 Å². The Balaban J connectivity index is 2.58. The zero-order chi connectivity index (χ0) is 8.81. The molecular weight excluding hydrogens is 164 g/mol. The van der Waals surface area contributed by atoms with Crippen molar-refractivity contribution in [2.45, 2.75) is 6.04 Å². The van der Waals surface area contributed by atoms with Crippen LogP contribution in [0, 0.1) is 0 Å². The van der Waals surface area contributed by atoms with E-state index in [2.05, 4.69) is 18.7 Å². The van der Waals surface area contributed by atoms with Crippen molar-refractivity contribution in [2.24, 2.45) is 0 Å². The molecule has 0 heterocycles. The fourth-order valence-electron chi connectivity index (χ4n) is 0.977. The molecule has 64 valence electrons. The lowest BCUT2D eigenvalue weighted by Gasteiger charge is -2.02. The Bertz CT molecular complexity index is 241. The van der Waals surface area contributed by atoms with Crippen LogP contribution in [0.1, 0.15) is 5.56 Å². The molecule has 0 aliphatic heterocycles. The normalized spacial score (nSPS) is 9.67. The van der Waals surface area contributed by atoms with Crippen LogP contribution in [0.2, 0.25) is 0 Å². The Labute approximate surface area is 76.5 Å². The van der Waals surface area contributed by atoms with Gasteiger partial charge in [-0.3, -0.25) is 0 Å². The van der Waals surface area contributed by atoms with Crippen LogP contribution in [0.15, 0.2) is 36.9 Å². The lowest BCUT2D eigenvalue weighted by molar-refractivity contribution is 0.363. The predicted molar refractivity (Wildman–Crippen MR) is 55.8 cm³/mol. The first-order valence-electron chi connectivity index (χ1n) is 4.19. The Hall–Kier alpha value is -1.02. The molecule has 0 fully saturated rings. The molecule has 0 amide bonds. The molecule has 2 heteroatoms. The number of hydrogen-bond donors (Lipinski definition) is 0. The topological polar surface area (TPSA) is 9.23 Å². The summed E-state index contributed by atoms with van der Waals surface area (Å²) in [6.07, 6.45) is 1.75. The maximum atomic E-state index is 5.35. The summed E-state index contributed by atoms with van der Waals surface area (Å²) in [5.74, 6) is 0.925. The summed E-state index contributed by atoms with van der Waals surface area (Å²) < 4.78 is 5.35. The molecule has 0 bridgehead atoms. The van der Waals surface area contributed by atoms with Gasteiger partial charge < -0.3 is 4.74 Å². The lowest BCUT2D eigenvalue weighted by Crippen LogP contribution is -1.92. The average Bonchev–Trinajstić information content (AvgIpc) is 2.15. The van der Waals surface area contributed by atoms with Crippen LogP contribution >= 0.6 is 0 Å². The van der Waals surface area contributed by atoms with E-state index in [9.17, 15) is 0 Å². The van der Waals surface area contributed by atoms with Crippen LogP contribution in [0.5, 0.6) is 5.75 Å². The summed E-state index contributed by atoms with van der Waals surface area (Å²) in [7, 11) is 1.22. The van der Waals surface area contributed by atoms with Crippen LogP contribution < -0.4 is 4.74 Å². The molecule has 0 aromatic heterocycles. The molecular formula is C10H14OSi. The summed E-state index contributed by atoms with van der Waals surface area (Å²) in [5, 5.41) is 0. The Kier molecular flexibility index (Phi) is 3.61. The molecule has 12 heavy (non-hydrogen) atoms. The second kappa shape index (κ2) is 4.77. The third-order valence-corrected chi connectivity index (χ3v) is 2.52. The summed E-state index contributed by atoms with van der Waals surface area (Å²) in [6.45, 7) is 4.17. The quantitative estimate of drug-likeness (QED) is 0.496. The molecule has 0 saturated heterocycles. The molecule has 0 radical (unpaired) electrons. The van der Waals surface area contributed by atoms with Crippen molar-refractivity contribution in [1.82, 2.24) is 0 Å². The number of benzene rings is 1. The molecule has 1 nitrogen and oxygen atoms in total. The molecule has 0 unspecified atom stereocenters. The van der Waals surface area contributed by atoms with Gasteiger partial charge >= 0.3 is 0 Å². The van der Waals surface area contributed by atoms with Gasteiger partial charge in [-0.25, -0.2) is 0 Å². The van der Waals surface area contributed by atoms with Gasteiger partial charge in [-0.1, -0.05) is 30.4 Å². The van der Waals surface area contributed by atoms with Crippen molar-refractivity contribution in [2.75, 3.05) is 6.61 Å². The maximum absolute atomic E-state index is 5.35. The molecule has 0 aliphatic rings. The monoisotopic (exact) mass is 178 g/mol. The molecule has 1 rings (SSSR count). The zero-order valence-electron chi connectivity index (χ0n) is 7.42. The standard InChI is InChI=1S/C10H14OSi/c1-2-7-11-10-5-3-9(8-12)4-6-10/h2-6H,1,7-8H2,12H3.